The number of aromatic amines is 1. The molecule has 2 unspecified atom stereocenters. The maximum Gasteiger partial charge on any atom is 0.411 e. The van der Waals surface area contributed by atoms with E-state index < -0.39 is 16.1 Å². The number of anilines is 1. The van der Waals surface area contributed by atoms with Gasteiger partial charge < -0.3 is 19.9 Å². The van der Waals surface area contributed by atoms with Crippen LogP contribution in [-0.2, 0) is 19.6 Å². The first-order valence-corrected chi connectivity index (χ1v) is 17.4. The van der Waals surface area contributed by atoms with Gasteiger partial charge in [-0.1, -0.05) is 23.7 Å². The third-order valence-corrected chi connectivity index (χ3v) is 11.1. The number of H-pyrrole nitrogens is 1. The maximum absolute atomic E-state index is 14.1. The molecule has 0 spiro atoms. The average molecular weight is 635 g/mol. The number of ether oxygens (including phenoxy) is 1. The van der Waals surface area contributed by atoms with E-state index >= 15 is 0 Å². The van der Waals surface area contributed by atoms with E-state index in [-0.39, 0.29) is 23.8 Å². The molecule has 2 aromatic rings. The highest BCUT2D eigenvalue weighted by Crippen LogP contribution is 2.44. The van der Waals surface area contributed by atoms with Crippen LogP contribution in [0.2, 0.25) is 5.15 Å². The van der Waals surface area contributed by atoms with E-state index in [1.165, 1.54) is 13.4 Å². The normalized spacial score (nSPS) is 25.5. The van der Waals surface area contributed by atoms with Gasteiger partial charge in [-0.25, -0.2) is 22.5 Å². The predicted molar refractivity (Wildman–Crippen MR) is 166 cm³/mol. The Morgan fingerprint density at radius 1 is 1.07 bits per heavy atom. The molecule has 1 aromatic carbocycles. The summed E-state index contributed by atoms with van der Waals surface area (Å²) in [7, 11) is 0.0796. The minimum atomic E-state index is -3.20. The lowest BCUT2D eigenvalue weighted by molar-refractivity contribution is -0.138. The lowest BCUT2D eigenvalue weighted by atomic mass is 9.81. The summed E-state index contributed by atoms with van der Waals surface area (Å²) >= 11 is 6.69. The Labute approximate surface area is 259 Å². The number of halogens is 1. The van der Waals surface area contributed by atoms with Gasteiger partial charge in [0.25, 0.3) is 0 Å². The molecule has 3 heterocycles. The highest BCUT2D eigenvalue weighted by molar-refractivity contribution is 7.88. The fraction of sp³-hybridized carbons (Fsp3) is 0.633. The zero-order chi connectivity index (χ0) is 30.7. The first kappa shape index (κ1) is 31.7. The van der Waals surface area contributed by atoms with E-state index in [4.69, 9.17) is 16.6 Å². The molecule has 2 aliphatic heterocycles. The highest BCUT2D eigenvalue weighted by atomic mass is 35.5. The summed E-state index contributed by atoms with van der Waals surface area (Å²) < 4.78 is 30.4. The van der Waals surface area contributed by atoms with Gasteiger partial charge in [0.2, 0.25) is 15.9 Å². The lowest BCUT2D eigenvalue weighted by Gasteiger charge is -2.34. The zero-order valence-electron chi connectivity index (χ0n) is 25.1. The number of nitrogens with one attached hydrogen (secondary N) is 3. The molecule has 5 rings (SSSR count). The van der Waals surface area contributed by atoms with Crippen LogP contribution >= 0.6 is 11.6 Å². The van der Waals surface area contributed by atoms with Gasteiger partial charge in [-0.05, 0) is 88.4 Å². The molecular weight excluding hydrogens is 592 g/mol. The lowest BCUT2D eigenvalue weighted by Crippen LogP contribution is -2.41. The molecule has 3 fully saturated rings. The summed E-state index contributed by atoms with van der Waals surface area (Å²) in [5.41, 5.74) is 1.96. The van der Waals surface area contributed by atoms with Gasteiger partial charge in [0.15, 0.2) is 0 Å². The molecule has 236 valence electrons. The summed E-state index contributed by atoms with van der Waals surface area (Å²) in [6.07, 6.45) is 6.92. The number of sulfonamides is 1. The molecule has 11 nitrogen and oxygen atoms in total. The third-order valence-electron chi connectivity index (χ3n) is 9.52. The Kier molecular flexibility index (Phi) is 10.00. The number of methoxy groups -OCH3 is 1. The van der Waals surface area contributed by atoms with Crippen molar-refractivity contribution in [3.05, 3.63) is 35.2 Å². The van der Waals surface area contributed by atoms with Crippen LogP contribution in [-0.4, -0.2) is 86.2 Å². The van der Waals surface area contributed by atoms with Gasteiger partial charge in [0.1, 0.15) is 16.7 Å². The van der Waals surface area contributed by atoms with E-state index in [1.807, 2.05) is 24.1 Å². The monoisotopic (exact) mass is 634 g/mol. The summed E-state index contributed by atoms with van der Waals surface area (Å²) in [5, 5.41) is 6.30. The Morgan fingerprint density at radius 2 is 1.74 bits per heavy atom. The molecule has 2 saturated heterocycles. The van der Waals surface area contributed by atoms with E-state index in [0.29, 0.717) is 53.8 Å². The Balaban J connectivity index is 1.36. The molecule has 0 bridgehead atoms. The first-order valence-electron chi connectivity index (χ1n) is 15.2. The van der Waals surface area contributed by atoms with Gasteiger partial charge in [-0.15, -0.1) is 0 Å². The fourth-order valence-electron chi connectivity index (χ4n) is 7.13. The molecule has 2 amide bonds. The quantitative estimate of drug-likeness (QED) is 0.389. The molecule has 0 radical (unpaired) electrons. The van der Waals surface area contributed by atoms with Crippen molar-refractivity contribution < 1.29 is 22.7 Å². The van der Waals surface area contributed by atoms with Gasteiger partial charge in [-0.2, -0.15) is 0 Å². The minimum absolute atomic E-state index is 0.00111. The van der Waals surface area contributed by atoms with Crippen LogP contribution in [0.3, 0.4) is 0 Å². The number of carbonyl (C=O) groups is 2. The second-order valence-corrected chi connectivity index (χ2v) is 14.6. The number of hydrogen-bond donors (Lipinski definition) is 3. The van der Waals surface area contributed by atoms with Crippen LogP contribution < -0.4 is 10.6 Å². The van der Waals surface area contributed by atoms with Crippen LogP contribution in [0.1, 0.15) is 56.8 Å². The summed E-state index contributed by atoms with van der Waals surface area (Å²) in [4.78, 5) is 35.8. The number of likely N-dealkylation sites (tertiary alicyclic amines) is 1. The molecule has 3 N–H and O–H groups in total. The SMILES string of the molecule is CNCC1CCC(C(=O)N2CC(C3CCN(S(C)(=O)=O)CC3)CC2c2nc(-c3ccc(NC(=O)OC)cc3)c(Cl)[nH]2)CC1. The number of aromatic nitrogens is 2. The number of rotatable bonds is 8. The highest BCUT2D eigenvalue weighted by Gasteiger charge is 2.44. The van der Waals surface area contributed by atoms with Gasteiger partial charge in [0.05, 0.1) is 19.4 Å². The summed E-state index contributed by atoms with van der Waals surface area (Å²) in [5.74, 6) is 2.07. The second kappa shape index (κ2) is 13.5. The van der Waals surface area contributed by atoms with Crippen LogP contribution in [0.15, 0.2) is 24.3 Å². The molecule has 1 aromatic heterocycles. The number of hydrogen-bond acceptors (Lipinski definition) is 7. The summed E-state index contributed by atoms with van der Waals surface area (Å²) in [6, 6.07) is 6.94. The van der Waals surface area contributed by atoms with E-state index in [0.717, 1.165) is 57.1 Å². The number of benzene rings is 1. The Morgan fingerprint density at radius 3 is 2.35 bits per heavy atom. The second-order valence-electron chi connectivity index (χ2n) is 12.3. The van der Waals surface area contributed by atoms with E-state index in [9.17, 15) is 18.0 Å². The zero-order valence-corrected chi connectivity index (χ0v) is 26.7. The largest absolute Gasteiger partial charge is 0.453 e. The fourth-order valence-corrected chi connectivity index (χ4v) is 8.25. The Hall–Kier alpha value is -2.67. The molecule has 1 saturated carbocycles. The van der Waals surface area contributed by atoms with E-state index in [1.54, 1.807) is 16.4 Å². The van der Waals surface area contributed by atoms with Crippen molar-refractivity contribution in [2.45, 2.75) is 51.0 Å². The number of carbonyl (C=O) groups excluding carboxylic acids is 2. The number of nitrogens with zero attached hydrogens (tertiary/aromatic N) is 3. The molecule has 1 aliphatic carbocycles. The number of imidazole rings is 1. The minimum Gasteiger partial charge on any atom is -0.453 e. The van der Waals surface area contributed by atoms with Crippen molar-refractivity contribution in [3.8, 4) is 11.3 Å². The third kappa shape index (κ3) is 7.35. The van der Waals surface area contributed by atoms with Crippen molar-refractivity contribution in [2.75, 3.05) is 51.9 Å². The number of piperidine rings is 1. The van der Waals surface area contributed by atoms with Gasteiger partial charge in [-0.3, -0.25) is 10.1 Å². The van der Waals surface area contributed by atoms with Crippen molar-refractivity contribution in [1.82, 2.24) is 24.5 Å². The van der Waals surface area contributed by atoms with Crippen molar-refractivity contribution >= 4 is 39.3 Å². The van der Waals surface area contributed by atoms with Gasteiger partial charge in [0, 0.05) is 36.8 Å². The van der Waals surface area contributed by atoms with E-state index in [2.05, 4.69) is 20.4 Å². The number of amides is 2. The van der Waals surface area contributed by atoms with Crippen LogP contribution in [0.4, 0.5) is 10.5 Å². The molecule has 43 heavy (non-hydrogen) atoms. The molecule has 13 heteroatoms. The van der Waals surface area contributed by atoms with Gasteiger partial charge >= 0.3 is 6.09 Å². The van der Waals surface area contributed by atoms with Crippen LogP contribution in [0.25, 0.3) is 11.3 Å². The molecule has 2 atom stereocenters. The average Bonchev–Trinajstić information content (AvgIpc) is 3.61. The maximum atomic E-state index is 14.1. The first-order chi connectivity index (χ1) is 20.6. The smallest absolute Gasteiger partial charge is 0.411 e. The topological polar surface area (TPSA) is 137 Å². The van der Waals surface area contributed by atoms with Crippen molar-refractivity contribution in [3.63, 3.8) is 0 Å². The standard InChI is InChI=1S/C30H43ClN6O5S/c1-32-17-19-4-6-22(7-5-19)29(38)37-18-23(20-12-14-36(15-13-20)43(3,40)41)16-25(37)28-34-26(27(31)35-28)21-8-10-24(11-9-21)33-30(39)42-2/h8-11,19-20,22-23,25,32H,4-7,12-18H2,1-3H3,(H,33,39)(H,34,35). The molecule has 3 aliphatic rings. The summed E-state index contributed by atoms with van der Waals surface area (Å²) in [6.45, 7) is 2.66. The molecular formula is C30H43ClN6O5S. The van der Waals surface area contributed by atoms with Crippen molar-refractivity contribution in [2.24, 2.45) is 23.7 Å². The van der Waals surface area contributed by atoms with Crippen molar-refractivity contribution in [1.29, 1.82) is 0 Å². The predicted octanol–water partition coefficient (Wildman–Crippen LogP) is 4.50. The van der Waals surface area contributed by atoms with Crippen LogP contribution in [0.5, 0.6) is 0 Å². The Bertz CT molecular complexity index is 1380. The van der Waals surface area contributed by atoms with Crippen LogP contribution in [0, 0.1) is 23.7 Å².